The zero-order valence-corrected chi connectivity index (χ0v) is 16.3. The fourth-order valence-electron chi connectivity index (χ4n) is 2.99. The molecule has 2 aromatic rings. The topological polar surface area (TPSA) is 83.6 Å². The van der Waals surface area contributed by atoms with Crippen molar-refractivity contribution in [1.82, 2.24) is 0 Å². The zero-order valence-electron chi connectivity index (χ0n) is 15.5. The first-order chi connectivity index (χ1) is 12.7. The van der Waals surface area contributed by atoms with Gasteiger partial charge in [-0.3, -0.25) is 9.59 Å². The summed E-state index contributed by atoms with van der Waals surface area (Å²) in [6, 6.07) is 13.6. The van der Waals surface area contributed by atoms with E-state index in [0.29, 0.717) is 17.2 Å². The molecular formula is C20H22N2O4S. The van der Waals surface area contributed by atoms with E-state index >= 15 is 0 Å². The molecule has 0 spiro atoms. The van der Waals surface area contributed by atoms with Crippen LogP contribution >= 0.6 is 0 Å². The number of hydrogen-bond acceptors (Lipinski definition) is 4. The van der Waals surface area contributed by atoms with E-state index in [2.05, 4.69) is 19.2 Å². The lowest BCUT2D eigenvalue weighted by Crippen LogP contribution is -2.30. The molecule has 1 N–H and O–H groups in total. The van der Waals surface area contributed by atoms with Crippen LogP contribution in [0.4, 0.5) is 11.4 Å². The smallest absolute Gasteiger partial charge is 0.255 e. The summed E-state index contributed by atoms with van der Waals surface area (Å²) in [4.78, 5) is 24.5. The number of carbonyl (C=O) groups excluding carboxylic acids is 2. The highest BCUT2D eigenvalue weighted by Crippen LogP contribution is 2.28. The largest absolute Gasteiger partial charge is 0.322 e. The summed E-state index contributed by atoms with van der Waals surface area (Å²) in [6.45, 7) is 5.79. The van der Waals surface area contributed by atoms with Crippen LogP contribution in [0.3, 0.4) is 0 Å². The molecule has 2 amide bonds. The summed E-state index contributed by atoms with van der Waals surface area (Å²) in [5, 5.41) is 2.81. The molecule has 0 radical (unpaired) electrons. The molecule has 1 heterocycles. The molecule has 0 saturated carbocycles. The Morgan fingerprint density at radius 2 is 1.67 bits per heavy atom. The molecule has 0 bridgehead atoms. The van der Waals surface area contributed by atoms with Crippen LogP contribution in [-0.4, -0.2) is 26.0 Å². The molecule has 6 nitrogen and oxygen atoms in total. The number of anilines is 2. The van der Waals surface area contributed by atoms with Gasteiger partial charge in [0.2, 0.25) is 15.9 Å². The summed E-state index contributed by atoms with van der Waals surface area (Å²) in [5.41, 5.74) is 2.49. The van der Waals surface area contributed by atoms with Gasteiger partial charge in [-0.2, -0.15) is 0 Å². The van der Waals surface area contributed by atoms with Gasteiger partial charge in [-0.25, -0.2) is 12.7 Å². The zero-order chi connectivity index (χ0) is 19.8. The van der Waals surface area contributed by atoms with E-state index < -0.39 is 21.8 Å². The Bertz CT molecular complexity index is 964. The maximum Gasteiger partial charge on any atom is 0.255 e. The van der Waals surface area contributed by atoms with Crippen LogP contribution in [0.1, 0.15) is 42.6 Å². The normalized spacial score (nSPS) is 18.7. The fraction of sp³-hybridized carbons (Fsp3) is 0.300. The van der Waals surface area contributed by atoms with Gasteiger partial charge in [0.1, 0.15) is 0 Å². The minimum Gasteiger partial charge on any atom is -0.322 e. The van der Waals surface area contributed by atoms with Gasteiger partial charge in [0.25, 0.3) is 5.91 Å². The van der Waals surface area contributed by atoms with Crippen LogP contribution in [0.15, 0.2) is 48.5 Å². The van der Waals surface area contributed by atoms with Crippen LogP contribution < -0.4 is 9.62 Å². The molecule has 3 rings (SSSR count). The Hall–Kier alpha value is -2.67. The van der Waals surface area contributed by atoms with E-state index in [0.717, 1.165) is 4.31 Å². The van der Waals surface area contributed by atoms with Crippen LogP contribution in [0, 0.1) is 5.92 Å². The van der Waals surface area contributed by atoms with Crippen molar-refractivity contribution in [2.75, 3.05) is 15.4 Å². The van der Waals surface area contributed by atoms with Gasteiger partial charge >= 0.3 is 0 Å². The second-order valence-electron chi connectivity index (χ2n) is 7.06. The average molecular weight is 386 g/mol. The van der Waals surface area contributed by atoms with E-state index in [1.165, 1.54) is 29.8 Å². The Kier molecular flexibility index (Phi) is 5.06. The van der Waals surface area contributed by atoms with Crippen LogP contribution in [0.5, 0.6) is 0 Å². The van der Waals surface area contributed by atoms with Crippen molar-refractivity contribution in [3.8, 4) is 0 Å². The van der Waals surface area contributed by atoms with Crippen molar-refractivity contribution < 1.29 is 18.0 Å². The number of amides is 2. The molecule has 0 aliphatic carbocycles. The summed E-state index contributed by atoms with van der Waals surface area (Å²) >= 11 is 0. The SMILES string of the molecule is CC1CS(=O)(=O)N(c2ccc(C(=O)Nc3ccc(C(C)C)cc3)cc2)C1=O. The van der Waals surface area contributed by atoms with Gasteiger partial charge in [0.05, 0.1) is 17.4 Å². The molecule has 27 heavy (non-hydrogen) atoms. The molecule has 142 valence electrons. The Morgan fingerprint density at radius 3 is 2.15 bits per heavy atom. The minimum absolute atomic E-state index is 0.194. The maximum absolute atomic E-state index is 12.4. The lowest BCUT2D eigenvalue weighted by Gasteiger charge is -2.15. The lowest BCUT2D eigenvalue weighted by atomic mass is 10.0. The van der Waals surface area contributed by atoms with Crippen molar-refractivity contribution in [3.63, 3.8) is 0 Å². The summed E-state index contributed by atoms with van der Waals surface area (Å²) in [7, 11) is -3.65. The summed E-state index contributed by atoms with van der Waals surface area (Å²) in [5.74, 6) is -1.10. The van der Waals surface area contributed by atoms with Gasteiger partial charge in [0, 0.05) is 11.3 Å². The van der Waals surface area contributed by atoms with Crippen molar-refractivity contribution in [3.05, 3.63) is 59.7 Å². The third-order valence-corrected chi connectivity index (χ3v) is 6.43. The second-order valence-corrected chi connectivity index (χ2v) is 8.92. The predicted octanol–water partition coefficient (Wildman–Crippen LogP) is 3.37. The molecule has 0 aromatic heterocycles. The van der Waals surface area contributed by atoms with Crippen LogP contribution in [-0.2, 0) is 14.8 Å². The van der Waals surface area contributed by atoms with Crippen LogP contribution in [0.25, 0.3) is 0 Å². The second kappa shape index (κ2) is 7.15. The quantitative estimate of drug-likeness (QED) is 0.873. The van der Waals surface area contributed by atoms with E-state index in [-0.39, 0.29) is 17.3 Å². The summed E-state index contributed by atoms with van der Waals surface area (Å²) in [6.07, 6.45) is 0. The minimum atomic E-state index is -3.65. The number of rotatable bonds is 4. The highest BCUT2D eigenvalue weighted by atomic mass is 32.2. The molecule has 2 aromatic carbocycles. The molecule has 1 fully saturated rings. The van der Waals surface area contributed by atoms with Crippen molar-refractivity contribution in [1.29, 1.82) is 0 Å². The maximum atomic E-state index is 12.4. The Labute approximate surface area is 159 Å². The Balaban J connectivity index is 1.75. The Morgan fingerprint density at radius 1 is 1.07 bits per heavy atom. The molecule has 1 saturated heterocycles. The molecule has 7 heteroatoms. The lowest BCUT2D eigenvalue weighted by molar-refractivity contribution is -0.119. The van der Waals surface area contributed by atoms with E-state index in [4.69, 9.17) is 0 Å². The third kappa shape index (κ3) is 3.88. The van der Waals surface area contributed by atoms with Gasteiger partial charge in [0.15, 0.2) is 0 Å². The van der Waals surface area contributed by atoms with Gasteiger partial charge in [-0.15, -0.1) is 0 Å². The molecule has 1 aliphatic heterocycles. The highest BCUT2D eigenvalue weighted by molar-refractivity contribution is 7.94. The van der Waals surface area contributed by atoms with Gasteiger partial charge < -0.3 is 5.32 Å². The number of nitrogens with one attached hydrogen (secondary N) is 1. The first-order valence-electron chi connectivity index (χ1n) is 8.77. The average Bonchev–Trinajstić information content (AvgIpc) is 2.82. The molecule has 1 atom stereocenters. The van der Waals surface area contributed by atoms with E-state index in [1.54, 1.807) is 6.92 Å². The number of carbonyl (C=O) groups is 2. The van der Waals surface area contributed by atoms with Gasteiger partial charge in [-0.05, 0) is 47.9 Å². The first-order valence-corrected chi connectivity index (χ1v) is 10.4. The number of nitrogens with zero attached hydrogens (tertiary/aromatic N) is 1. The van der Waals surface area contributed by atoms with Crippen LogP contribution in [0.2, 0.25) is 0 Å². The molecule has 1 aliphatic rings. The molecular weight excluding hydrogens is 364 g/mol. The highest BCUT2D eigenvalue weighted by Gasteiger charge is 2.41. The van der Waals surface area contributed by atoms with Gasteiger partial charge in [-0.1, -0.05) is 32.9 Å². The first kappa shape index (κ1) is 19.1. The fourth-order valence-corrected chi connectivity index (χ4v) is 4.81. The third-order valence-electron chi connectivity index (χ3n) is 4.56. The standard InChI is InChI=1S/C20H22N2O4S/c1-13(2)15-4-8-17(9-5-15)21-19(23)16-6-10-18(11-7-16)22-20(24)14(3)12-27(22,25)26/h4-11,13-14H,12H2,1-3H3,(H,21,23). The van der Waals surface area contributed by atoms with Crippen molar-refractivity contribution >= 4 is 33.2 Å². The van der Waals surface area contributed by atoms with Crippen molar-refractivity contribution in [2.45, 2.75) is 26.7 Å². The van der Waals surface area contributed by atoms with E-state index in [9.17, 15) is 18.0 Å². The number of benzene rings is 2. The van der Waals surface area contributed by atoms with E-state index in [1.807, 2.05) is 24.3 Å². The molecule has 1 unspecified atom stereocenters. The monoisotopic (exact) mass is 386 g/mol. The summed E-state index contributed by atoms with van der Waals surface area (Å²) < 4.78 is 25.1. The van der Waals surface area contributed by atoms with Crippen molar-refractivity contribution in [2.24, 2.45) is 5.92 Å². The predicted molar refractivity (Wildman–Crippen MR) is 105 cm³/mol. The number of hydrogen-bond donors (Lipinski definition) is 1. The number of sulfonamides is 1.